The third-order valence-electron chi connectivity index (χ3n) is 3.34. The summed E-state index contributed by atoms with van der Waals surface area (Å²) >= 11 is 18.5. The molecule has 0 unspecified atom stereocenters. The molecule has 2 heterocycles. The smallest absolute Gasteiger partial charge is 0.342 e. The van der Waals surface area contributed by atoms with E-state index in [4.69, 9.17) is 39.5 Å². The number of fused-ring (bicyclic) bond motifs is 1. The highest BCUT2D eigenvalue weighted by Crippen LogP contribution is 2.36. The molecule has 3 rings (SSSR count). The lowest BCUT2D eigenvalue weighted by Crippen LogP contribution is -1.99. The summed E-state index contributed by atoms with van der Waals surface area (Å²) in [6, 6.07) is 3.15. The Morgan fingerprint density at radius 3 is 2.16 bits per heavy atom. The maximum atomic E-state index is 6.29. The Hall–Kier alpha value is -4.02. The van der Waals surface area contributed by atoms with Crippen LogP contribution < -0.4 is 10.1 Å². The van der Waals surface area contributed by atoms with Gasteiger partial charge in [-0.25, -0.2) is 4.98 Å². The summed E-state index contributed by atoms with van der Waals surface area (Å²) in [6.07, 6.45) is 1.19. The van der Waals surface area contributed by atoms with Crippen LogP contribution in [0.2, 0.25) is 15.1 Å². The van der Waals surface area contributed by atoms with Gasteiger partial charge in [0, 0.05) is 5.02 Å². The van der Waals surface area contributed by atoms with Crippen molar-refractivity contribution in [2.45, 2.75) is 0 Å². The van der Waals surface area contributed by atoms with Crippen LogP contribution in [0.5, 0.6) is 6.01 Å². The number of ether oxygens (including phenoxy) is 1. The van der Waals surface area contributed by atoms with Crippen molar-refractivity contribution in [2.24, 2.45) is 0 Å². The van der Waals surface area contributed by atoms with E-state index in [1.54, 1.807) is 12.1 Å². The average Bonchev–Trinajstić information content (AvgIpc) is 3.26. The molecule has 0 N–H and O–H groups in total. The van der Waals surface area contributed by atoms with Gasteiger partial charge in [-0.15, -0.1) is 5.10 Å². The van der Waals surface area contributed by atoms with Crippen molar-refractivity contribution in [1.82, 2.24) is 19.6 Å². The molecule has 8 heteroatoms. The molecular weight excluding hydrogens is 455 g/mol. The van der Waals surface area contributed by atoms with Gasteiger partial charge < -0.3 is 4.74 Å². The van der Waals surface area contributed by atoms with Crippen LogP contribution in [-0.2, 0) is 0 Å². The Balaban J connectivity index is 1.95. The van der Waals surface area contributed by atoms with Gasteiger partial charge in [0.15, 0.2) is 11.5 Å². The van der Waals surface area contributed by atoms with Crippen molar-refractivity contribution in [3.8, 4) is 17.4 Å². The molecule has 0 spiro atoms. The van der Waals surface area contributed by atoms with Gasteiger partial charge in [-0.1, -0.05) is 47.1 Å². The van der Waals surface area contributed by atoms with Crippen molar-refractivity contribution in [2.75, 3.05) is 0 Å². The summed E-state index contributed by atoms with van der Waals surface area (Å²) in [5.41, 5.74) is 25.8. The van der Waals surface area contributed by atoms with Crippen LogP contribution in [0.15, 0.2) is 82.3 Å². The molecule has 0 aliphatic carbocycles. The molecule has 1 aromatic carbocycles. The quantitative estimate of drug-likeness (QED) is 0.409. The third-order valence-corrected chi connectivity index (χ3v) is 4.15. The summed E-state index contributed by atoms with van der Waals surface area (Å²) in [5.74, 6) is 0.355. The van der Waals surface area contributed by atoms with Gasteiger partial charge in [-0.2, -0.15) is 9.50 Å². The monoisotopic (exact) mass is 460 g/mol. The van der Waals surface area contributed by atoms with E-state index < -0.39 is 0 Å². The first-order valence-electron chi connectivity index (χ1n) is 8.17. The number of imidazole rings is 1. The van der Waals surface area contributed by atoms with Crippen LogP contribution in [0.4, 0.5) is 0 Å². The molecule has 0 saturated heterocycles. The Bertz CT molecular complexity index is 1620. The fourth-order valence-corrected chi connectivity index (χ4v) is 3.19. The molecule has 0 atom stereocenters. The van der Waals surface area contributed by atoms with E-state index in [0.717, 1.165) is 0 Å². The topological polar surface area (TPSA) is 52.3 Å². The van der Waals surface area contributed by atoms with E-state index in [0.29, 0.717) is 37.5 Å². The van der Waals surface area contributed by atoms with Crippen molar-refractivity contribution >= 4 is 47.0 Å². The highest BCUT2D eigenvalue weighted by molar-refractivity contribution is 6.41. The summed E-state index contributed by atoms with van der Waals surface area (Å²) in [4.78, 5) is 8.57. The third kappa shape index (κ3) is 5.32. The average molecular weight is 462 g/mol. The van der Waals surface area contributed by atoms with E-state index in [-0.39, 0.29) is 6.01 Å². The van der Waals surface area contributed by atoms with Crippen LogP contribution in [0.1, 0.15) is 0 Å². The zero-order chi connectivity index (χ0) is 22.2. The second kappa shape index (κ2) is 10.1. The van der Waals surface area contributed by atoms with Gasteiger partial charge in [0.2, 0.25) is 0 Å². The number of rotatable bonds is 3. The van der Waals surface area contributed by atoms with Crippen molar-refractivity contribution in [3.05, 3.63) is 103 Å². The molecule has 0 radical (unpaired) electrons. The number of nitrogens with zero attached hydrogens (tertiary/aromatic N) is 4. The lowest BCUT2D eigenvalue weighted by Gasteiger charge is -2.05. The Labute approximate surface area is 191 Å². The molecule has 0 bridgehead atoms. The van der Waals surface area contributed by atoms with Gasteiger partial charge in [-0.3, -0.25) is 0 Å². The van der Waals surface area contributed by atoms with Gasteiger partial charge in [0.1, 0.15) is 11.6 Å². The first-order valence-corrected chi connectivity index (χ1v) is 9.31. The van der Waals surface area contributed by atoms with Gasteiger partial charge >= 0.3 is 6.01 Å². The summed E-state index contributed by atoms with van der Waals surface area (Å²) in [5, 5.41) is 5.64. The normalized spacial score (nSPS) is 8.74. The molecule has 31 heavy (non-hydrogen) atoms. The Morgan fingerprint density at radius 1 is 0.903 bits per heavy atom. The van der Waals surface area contributed by atoms with E-state index in [1.807, 2.05) is 0 Å². The number of hydrogen-bond acceptors (Lipinski definition) is 4. The van der Waals surface area contributed by atoms with E-state index in [9.17, 15) is 0 Å². The van der Waals surface area contributed by atoms with Crippen LogP contribution in [0, 0.1) is 0 Å². The van der Waals surface area contributed by atoms with Crippen molar-refractivity contribution in [3.63, 3.8) is 0 Å². The van der Waals surface area contributed by atoms with Crippen molar-refractivity contribution < 1.29 is 4.74 Å². The minimum atomic E-state index is 0.0357. The van der Waals surface area contributed by atoms with E-state index in [1.165, 1.54) is 10.8 Å². The maximum Gasteiger partial charge on any atom is 0.342 e. The molecule has 0 fully saturated rings. The molecule has 0 amide bonds. The zero-order valence-electron chi connectivity index (χ0n) is 15.5. The maximum absolute atomic E-state index is 6.29. The van der Waals surface area contributed by atoms with Crippen LogP contribution in [-0.4, -0.2) is 19.6 Å². The minimum absolute atomic E-state index is 0.0357. The molecule has 5 nitrogen and oxygen atoms in total. The van der Waals surface area contributed by atoms with E-state index >= 15 is 0 Å². The predicted molar refractivity (Wildman–Crippen MR) is 118 cm³/mol. The van der Waals surface area contributed by atoms with Crippen LogP contribution in [0.25, 0.3) is 23.6 Å². The molecule has 2 aromatic heterocycles. The summed E-state index contributed by atoms with van der Waals surface area (Å²) in [6.45, 7) is 7.17. The fourth-order valence-electron chi connectivity index (χ4n) is 2.20. The molecule has 0 aliphatic rings. The lowest BCUT2D eigenvalue weighted by atomic mass is 10.2. The highest BCUT2D eigenvalue weighted by Gasteiger charge is 2.19. The summed E-state index contributed by atoms with van der Waals surface area (Å²) < 4.78 is 6.74. The predicted octanol–water partition coefficient (Wildman–Crippen LogP) is 4.95. The summed E-state index contributed by atoms with van der Waals surface area (Å²) in [7, 11) is 0. The minimum Gasteiger partial charge on any atom is -0.422 e. The second-order valence-electron chi connectivity index (χ2n) is 5.31. The fraction of sp³-hybridized carbons (Fsp3) is 0. The lowest BCUT2D eigenvalue weighted by molar-refractivity contribution is 0.442. The highest BCUT2D eigenvalue weighted by atomic mass is 35.5. The Morgan fingerprint density at radius 2 is 1.52 bits per heavy atom. The first-order chi connectivity index (χ1) is 15.0. The van der Waals surface area contributed by atoms with Crippen molar-refractivity contribution in [1.29, 1.82) is 0 Å². The van der Waals surface area contributed by atoms with Gasteiger partial charge in [0.05, 0.1) is 15.6 Å². The second-order valence-corrected chi connectivity index (χ2v) is 6.56. The van der Waals surface area contributed by atoms with E-state index in [2.05, 4.69) is 85.5 Å². The number of benzene rings is 1. The zero-order valence-corrected chi connectivity index (χ0v) is 17.7. The molecule has 0 saturated carbocycles. The Kier molecular flexibility index (Phi) is 7.09. The van der Waals surface area contributed by atoms with Gasteiger partial charge in [-0.05, 0) is 70.3 Å². The van der Waals surface area contributed by atoms with Crippen LogP contribution >= 0.6 is 34.8 Å². The SMILES string of the molecule is C=C=C=C=C=C=C=C=C=C=C=COc1nc2c(=C)nc(-c3c(Cl)cc(Cl)cc3Cl)n2n1. The number of halogens is 3. The molecule has 0 aliphatic heterocycles. The number of hydrogen-bond donors (Lipinski definition) is 0. The first kappa shape index (κ1) is 21.7. The molecular formula is C23H7Cl3N4O. The van der Waals surface area contributed by atoms with Gasteiger partial charge in [0.25, 0.3) is 0 Å². The largest absolute Gasteiger partial charge is 0.422 e. The number of aromatic nitrogens is 4. The molecule has 146 valence electrons. The van der Waals surface area contributed by atoms with Crippen LogP contribution in [0.3, 0.4) is 0 Å². The standard InChI is InChI=1S/C23H7Cl3N4O/c1-3-4-5-6-7-8-9-10-11-12-13-31-23-28-21-16(2)27-22(30(21)29-23)20-18(25)14-17(24)15-19(20)26/h13-15H,1-2H2. The molecule has 3 aromatic rings.